The van der Waals surface area contributed by atoms with Crippen LogP contribution in [-0.2, 0) is 19.1 Å². The maximum absolute atomic E-state index is 12.0. The van der Waals surface area contributed by atoms with E-state index in [1.807, 2.05) is 0 Å². The third-order valence-electron chi connectivity index (χ3n) is 7.53. The zero-order valence-electron chi connectivity index (χ0n) is 26.0. The molecule has 0 fully saturated rings. The second kappa shape index (κ2) is 30.5. The normalized spacial score (nSPS) is 12.0. The lowest BCUT2D eigenvalue weighted by atomic mass is 10.0. The van der Waals surface area contributed by atoms with Crippen molar-refractivity contribution >= 4 is 11.9 Å². The molecule has 0 aliphatic heterocycles. The number of hydrogen-bond acceptors (Lipinski definition) is 4. The van der Waals surface area contributed by atoms with Gasteiger partial charge in [-0.3, -0.25) is 9.59 Å². The van der Waals surface area contributed by atoms with Gasteiger partial charge in [-0.05, 0) is 19.8 Å². The Balaban J connectivity index is 3.39. The molecule has 1 unspecified atom stereocenters. The van der Waals surface area contributed by atoms with Crippen LogP contribution < -0.4 is 0 Å². The summed E-state index contributed by atoms with van der Waals surface area (Å²) in [6.45, 7) is 6.49. The van der Waals surface area contributed by atoms with Crippen LogP contribution in [0, 0.1) is 0 Å². The van der Waals surface area contributed by atoms with Gasteiger partial charge in [-0.15, -0.1) is 0 Å². The monoisotopic (exact) mass is 538 g/mol. The number of carbonyl (C=O) groups excluding carboxylic acids is 2. The van der Waals surface area contributed by atoms with Crippen molar-refractivity contribution in [2.75, 3.05) is 6.61 Å². The van der Waals surface area contributed by atoms with Gasteiger partial charge in [0, 0.05) is 12.8 Å². The van der Waals surface area contributed by atoms with E-state index >= 15 is 0 Å². The van der Waals surface area contributed by atoms with Crippen LogP contribution in [0.3, 0.4) is 0 Å². The molecular formula is C34H66O4. The van der Waals surface area contributed by atoms with E-state index in [9.17, 15) is 9.59 Å². The van der Waals surface area contributed by atoms with E-state index in [4.69, 9.17) is 9.47 Å². The van der Waals surface area contributed by atoms with Crippen molar-refractivity contribution in [1.29, 1.82) is 0 Å². The zero-order valence-corrected chi connectivity index (χ0v) is 26.0. The maximum atomic E-state index is 12.0. The fraction of sp³-hybridized carbons (Fsp3) is 0.941. The largest absolute Gasteiger partial charge is 0.462 e. The maximum Gasteiger partial charge on any atom is 0.306 e. The van der Waals surface area contributed by atoms with Crippen molar-refractivity contribution in [2.45, 2.75) is 200 Å². The van der Waals surface area contributed by atoms with Crippen molar-refractivity contribution in [3.63, 3.8) is 0 Å². The summed E-state index contributed by atoms with van der Waals surface area (Å²) < 4.78 is 10.7. The molecule has 0 bridgehead atoms. The Kier molecular flexibility index (Phi) is 29.6. The summed E-state index contributed by atoms with van der Waals surface area (Å²) in [6, 6.07) is 0. The predicted octanol–water partition coefficient (Wildman–Crippen LogP) is 11.0. The molecule has 0 aromatic rings. The summed E-state index contributed by atoms with van der Waals surface area (Å²) >= 11 is 0. The van der Waals surface area contributed by atoms with Crippen LogP contribution in [0.2, 0.25) is 0 Å². The van der Waals surface area contributed by atoms with Crippen LogP contribution in [0.4, 0.5) is 0 Å². The predicted molar refractivity (Wildman–Crippen MR) is 163 cm³/mol. The van der Waals surface area contributed by atoms with Crippen molar-refractivity contribution in [3.05, 3.63) is 0 Å². The van der Waals surface area contributed by atoms with E-state index in [0.29, 0.717) is 12.8 Å². The number of rotatable bonds is 30. The summed E-state index contributed by atoms with van der Waals surface area (Å²) in [5, 5.41) is 0. The van der Waals surface area contributed by atoms with Gasteiger partial charge in [-0.1, -0.05) is 162 Å². The molecule has 0 saturated carbocycles. The van der Waals surface area contributed by atoms with Gasteiger partial charge in [0.1, 0.15) is 12.7 Å². The van der Waals surface area contributed by atoms with Crippen LogP contribution in [0.25, 0.3) is 0 Å². The highest BCUT2D eigenvalue weighted by molar-refractivity contribution is 5.70. The van der Waals surface area contributed by atoms with Crippen LogP contribution in [0.5, 0.6) is 0 Å². The van der Waals surface area contributed by atoms with Gasteiger partial charge in [0.2, 0.25) is 0 Å². The first kappa shape index (κ1) is 36.9. The van der Waals surface area contributed by atoms with Gasteiger partial charge in [0.05, 0.1) is 0 Å². The van der Waals surface area contributed by atoms with Gasteiger partial charge < -0.3 is 9.47 Å². The van der Waals surface area contributed by atoms with Gasteiger partial charge in [-0.25, -0.2) is 0 Å². The van der Waals surface area contributed by atoms with E-state index in [0.717, 1.165) is 25.7 Å². The Morgan fingerprint density at radius 2 is 0.737 bits per heavy atom. The molecule has 0 amide bonds. The van der Waals surface area contributed by atoms with Gasteiger partial charge in [0.15, 0.2) is 0 Å². The molecule has 0 aromatic heterocycles. The molecule has 4 nitrogen and oxygen atoms in total. The Morgan fingerprint density at radius 3 is 1.08 bits per heavy atom. The molecule has 1 atom stereocenters. The molecule has 0 heterocycles. The molecule has 0 N–H and O–H groups in total. The summed E-state index contributed by atoms with van der Waals surface area (Å²) in [6.07, 6.45) is 32.9. The first-order valence-corrected chi connectivity index (χ1v) is 16.9. The molecular weight excluding hydrogens is 472 g/mol. The van der Waals surface area contributed by atoms with Crippen LogP contribution in [0.1, 0.15) is 194 Å². The highest BCUT2D eigenvalue weighted by atomic mass is 16.6. The van der Waals surface area contributed by atoms with E-state index in [1.54, 1.807) is 6.92 Å². The molecule has 0 aromatic carbocycles. The summed E-state index contributed by atoms with van der Waals surface area (Å²) in [5.41, 5.74) is 0. The standard InChI is InChI=1S/C34H66O4/c1-4-6-8-10-12-14-15-16-17-18-19-20-22-23-25-27-29-33(35)37-31-32(3)38-34(36)30-28-26-24-21-13-11-9-7-5-2/h32H,4-31H2,1-3H3. The van der Waals surface area contributed by atoms with Crippen LogP contribution >= 0.6 is 0 Å². The quantitative estimate of drug-likeness (QED) is 0.0674. The lowest BCUT2D eigenvalue weighted by Crippen LogP contribution is -2.22. The van der Waals surface area contributed by atoms with Gasteiger partial charge in [-0.2, -0.15) is 0 Å². The topological polar surface area (TPSA) is 52.6 Å². The second-order valence-corrected chi connectivity index (χ2v) is 11.6. The van der Waals surface area contributed by atoms with Crippen LogP contribution in [0.15, 0.2) is 0 Å². The fourth-order valence-corrected chi connectivity index (χ4v) is 5.00. The fourth-order valence-electron chi connectivity index (χ4n) is 5.00. The lowest BCUT2D eigenvalue weighted by Gasteiger charge is -2.13. The molecule has 0 saturated heterocycles. The van der Waals surface area contributed by atoms with E-state index in [-0.39, 0.29) is 24.6 Å². The van der Waals surface area contributed by atoms with Gasteiger partial charge >= 0.3 is 11.9 Å². The Hall–Kier alpha value is -1.06. The van der Waals surface area contributed by atoms with E-state index in [1.165, 1.54) is 135 Å². The summed E-state index contributed by atoms with van der Waals surface area (Å²) in [7, 11) is 0. The van der Waals surface area contributed by atoms with E-state index < -0.39 is 0 Å². The number of esters is 2. The smallest absolute Gasteiger partial charge is 0.306 e. The number of hydrogen-bond donors (Lipinski definition) is 0. The molecule has 0 rings (SSSR count). The van der Waals surface area contributed by atoms with Crippen molar-refractivity contribution < 1.29 is 19.1 Å². The molecule has 38 heavy (non-hydrogen) atoms. The zero-order chi connectivity index (χ0) is 27.9. The first-order valence-electron chi connectivity index (χ1n) is 16.9. The molecule has 0 radical (unpaired) electrons. The van der Waals surface area contributed by atoms with Crippen LogP contribution in [-0.4, -0.2) is 24.6 Å². The highest BCUT2D eigenvalue weighted by Gasteiger charge is 2.12. The minimum Gasteiger partial charge on any atom is -0.462 e. The van der Waals surface area contributed by atoms with Gasteiger partial charge in [0.25, 0.3) is 0 Å². The van der Waals surface area contributed by atoms with Crippen molar-refractivity contribution in [2.24, 2.45) is 0 Å². The molecule has 226 valence electrons. The Labute approximate surface area is 237 Å². The Bertz CT molecular complexity index is 505. The summed E-state index contributed by atoms with van der Waals surface area (Å²) in [4.78, 5) is 24.0. The molecule has 0 spiro atoms. The number of carbonyl (C=O) groups is 2. The minimum absolute atomic E-state index is 0.168. The Morgan fingerprint density at radius 1 is 0.447 bits per heavy atom. The lowest BCUT2D eigenvalue weighted by molar-refractivity contribution is -0.158. The average Bonchev–Trinajstić information content (AvgIpc) is 2.90. The third kappa shape index (κ3) is 29.5. The first-order chi connectivity index (χ1) is 18.6. The second-order valence-electron chi connectivity index (χ2n) is 11.6. The van der Waals surface area contributed by atoms with Crippen molar-refractivity contribution in [3.8, 4) is 0 Å². The molecule has 0 aliphatic rings. The molecule has 0 aliphatic carbocycles. The van der Waals surface area contributed by atoms with Crippen molar-refractivity contribution in [1.82, 2.24) is 0 Å². The minimum atomic E-state index is -0.365. The summed E-state index contributed by atoms with van der Waals surface area (Å²) in [5.74, 6) is -0.341. The number of unbranched alkanes of at least 4 members (excludes halogenated alkanes) is 23. The number of ether oxygens (including phenoxy) is 2. The third-order valence-corrected chi connectivity index (χ3v) is 7.53. The highest BCUT2D eigenvalue weighted by Crippen LogP contribution is 2.15. The SMILES string of the molecule is CCCCCCCCCCCCCCCCCCC(=O)OCC(C)OC(=O)CCCCCCCCCCC. The van der Waals surface area contributed by atoms with E-state index in [2.05, 4.69) is 13.8 Å². The molecule has 4 heteroatoms. The average molecular weight is 539 g/mol.